The molecule has 1 saturated carbocycles. The number of aromatic hydroxyl groups is 3. The maximum atomic E-state index is 12.5. The number of rotatable bonds is 8. The molecule has 0 spiro atoms. The summed E-state index contributed by atoms with van der Waals surface area (Å²) in [7, 11) is 4.82. The molecule has 6 atom stereocenters. The Balaban J connectivity index is 1.43. The molecular weight excluding hydrogens is 705 g/mol. The molecule has 7 rings (SSSR count). The van der Waals surface area contributed by atoms with Crippen LogP contribution >= 0.6 is 21.6 Å². The maximum Gasteiger partial charge on any atom is 0.207 e. The molecule has 0 radical (unpaired) electrons. The monoisotopic (exact) mass is 754 g/mol. The zero-order chi connectivity index (χ0) is 36.5. The first-order chi connectivity index (χ1) is 25.2. The molecule has 3 aromatic carbocycles. The van der Waals surface area contributed by atoms with E-state index in [9.17, 15) is 30.6 Å². The van der Waals surface area contributed by atoms with E-state index < -0.39 is 24.0 Å². The summed E-state index contributed by atoms with van der Waals surface area (Å²) in [6.45, 7) is 1.88. The summed E-state index contributed by atoms with van der Waals surface area (Å²) in [4.78, 5) is 0. The third kappa shape index (κ3) is 6.97. The summed E-state index contributed by atoms with van der Waals surface area (Å²) >= 11 is 0. The Kier molecular flexibility index (Phi) is 11.5. The van der Waals surface area contributed by atoms with E-state index in [2.05, 4.69) is 6.92 Å². The highest BCUT2D eigenvalue weighted by atomic mass is 33.1. The molecule has 52 heavy (non-hydrogen) atoms. The average Bonchev–Trinajstić information content (AvgIpc) is 3.15. The smallest absolute Gasteiger partial charge is 0.207 e. The van der Waals surface area contributed by atoms with Crippen molar-refractivity contribution in [2.24, 2.45) is 5.92 Å². The van der Waals surface area contributed by atoms with E-state index in [1.54, 1.807) is 45.9 Å². The van der Waals surface area contributed by atoms with Gasteiger partial charge in [0.1, 0.15) is 30.0 Å². The molecule has 12 heteroatoms. The third-order valence-electron chi connectivity index (χ3n) is 11.4. The number of benzene rings is 3. The number of methoxy groups -OCH3 is 1. The minimum Gasteiger partial charge on any atom is -0.508 e. The predicted molar refractivity (Wildman–Crippen MR) is 203 cm³/mol. The topological polar surface area (TPSA) is 158 Å². The van der Waals surface area contributed by atoms with Crippen molar-refractivity contribution in [3.63, 3.8) is 0 Å². The quantitative estimate of drug-likeness (QED) is 0.126. The van der Waals surface area contributed by atoms with Crippen molar-refractivity contribution in [2.45, 2.75) is 94.4 Å². The maximum absolute atomic E-state index is 12.5. The summed E-state index contributed by atoms with van der Waals surface area (Å²) < 4.78 is 24.8. The van der Waals surface area contributed by atoms with Gasteiger partial charge in [-0.2, -0.15) is 0 Å². The fourth-order valence-electron chi connectivity index (χ4n) is 8.71. The van der Waals surface area contributed by atoms with Gasteiger partial charge in [-0.05, 0) is 85.3 Å². The molecule has 6 unspecified atom stereocenters. The highest BCUT2D eigenvalue weighted by Gasteiger charge is 2.47. The van der Waals surface area contributed by atoms with Gasteiger partial charge >= 0.3 is 0 Å². The minimum atomic E-state index is -1.15. The Labute approximate surface area is 312 Å². The lowest BCUT2D eigenvalue weighted by atomic mass is 9.66. The Morgan fingerprint density at radius 2 is 1.65 bits per heavy atom. The Bertz CT molecular complexity index is 1740. The fourth-order valence-corrected chi connectivity index (χ4v) is 11.3. The van der Waals surface area contributed by atoms with E-state index in [1.165, 1.54) is 7.11 Å². The van der Waals surface area contributed by atoms with Crippen molar-refractivity contribution in [3.8, 4) is 51.4 Å². The van der Waals surface area contributed by atoms with Crippen LogP contribution in [0, 0.1) is 5.92 Å². The number of aliphatic hydroxyl groups is 3. The summed E-state index contributed by atoms with van der Waals surface area (Å²) in [5, 5.41) is 67.0. The number of aliphatic hydroxyl groups excluding tert-OH is 3. The number of ether oxygens (including phenoxy) is 4. The third-order valence-corrected chi connectivity index (χ3v) is 13.8. The molecular formula is C40H50O10S2. The highest BCUT2D eigenvalue weighted by Crippen LogP contribution is 2.60. The lowest BCUT2D eigenvalue weighted by Gasteiger charge is -2.43. The van der Waals surface area contributed by atoms with Crippen LogP contribution in [0.4, 0.5) is 0 Å². The van der Waals surface area contributed by atoms with Crippen LogP contribution in [0.15, 0.2) is 30.3 Å². The number of phenols is 3. The molecule has 6 N–H and O–H groups in total. The number of hydrogen-bond donors (Lipinski definition) is 6. The van der Waals surface area contributed by atoms with E-state index in [1.807, 2.05) is 6.07 Å². The highest BCUT2D eigenvalue weighted by molar-refractivity contribution is 8.76. The van der Waals surface area contributed by atoms with E-state index in [0.717, 1.165) is 84.9 Å². The standard InChI is InChI=1S/C40H50O10S2/c1-21-8-10-24-26-16-22(43)9-11-25(26)33-30(48-14-13-41)18-31-34(35(33)28(24)19-42)29(20-52-51-15-12-21)37(45)39(50-31)27-17-32(38(46)40(47-2)36(27)44)49-23-6-4-3-5-7-23/h9,11,16-18,21,23-24,28-29,37,39,41-46H,3-8,10,12-15,19-20H2,1-2H3. The van der Waals surface area contributed by atoms with Gasteiger partial charge in [0.05, 0.1) is 26.4 Å². The fraction of sp³-hybridized carbons (Fsp3) is 0.550. The first-order valence-corrected chi connectivity index (χ1v) is 21.0. The molecule has 282 valence electrons. The van der Waals surface area contributed by atoms with Gasteiger partial charge in [-0.1, -0.05) is 47.4 Å². The molecule has 0 saturated heterocycles. The summed E-state index contributed by atoms with van der Waals surface area (Å²) in [6.07, 6.45) is 5.30. The second-order valence-electron chi connectivity index (χ2n) is 14.6. The lowest BCUT2D eigenvalue weighted by Crippen LogP contribution is -2.38. The molecule has 4 aliphatic rings. The minimum absolute atomic E-state index is 0.0170. The van der Waals surface area contributed by atoms with Crippen LogP contribution in [0.1, 0.15) is 104 Å². The average molecular weight is 755 g/mol. The number of hydrogen-bond acceptors (Lipinski definition) is 12. The predicted octanol–water partition coefficient (Wildman–Crippen LogP) is 7.51. The van der Waals surface area contributed by atoms with Crippen LogP contribution in [0.3, 0.4) is 0 Å². The molecule has 2 aliphatic heterocycles. The Morgan fingerprint density at radius 3 is 2.40 bits per heavy atom. The second-order valence-corrected chi connectivity index (χ2v) is 17.2. The molecule has 2 heterocycles. The van der Waals surface area contributed by atoms with Crippen molar-refractivity contribution in [2.75, 3.05) is 38.4 Å². The van der Waals surface area contributed by atoms with Crippen molar-refractivity contribution >= 4 is 21.6 Å². The zero-order valence-corrected chi connectivity index (χ0v) is 31.4. The van der Waals surface area contributed by atoms with Crippen LogP contribution in [-0.2, 0) is 0 Å². The van der Waals surface area contributed by atoms with Gasteiger partial charge in [0.25, 0.3) is 0 Å². The summed E-state index contributed by atoms with van der Waals surface area (Å²) in [5.74, 6) is 1.29. The first-order valence-electron chi connectivity index (χ1n) is 18.5. The van der Waals surface area contributed by atoms with Crippen molar-refractivity contribution in [3.05, 3.63) is 52.6 Å². The first kappa shape index (κ1) is 37.2. The van der Waals surface area contributed by atoms with Gasteiger partial charge in [0.15, 0.2) is 17.6 Å². The van der Waals surface area contributed by atoms with E-state index in [4.69, 9.17) is 18.9 Å². The lowest BCUT2D eigenvalue weighted by molar-refractivity contribution is 0.00251. The van der Waals surface area contributed by atoms with Gasteiger partial charge in [0, 0.05) is 46.1 Å². The van der Waals surface area contributed by atoms with Gasteiger partial charge in [-0.15, -0.1) is 0 Å². The molecule has 3 aromatic rings. The Morgan fingerprint density at radius 1 is 0.846 bits per heavy atom. The number of phenolic OH excluding ortho intramolecular Hbond substituents is 3. The van der Waals surface area contributed by atoms with Crippen molar-refractivity contribution < 1.29 is 49.6 Å². The molecule has 1 fully saturated rings. The van der Waals surface area contributed by atoms with E-state index in [-0.39, 0.29) is 66.2 Å². The molecule has 0 aromatic heterocycles. The van der Waals surface area contributed by atoms with Crippen LogP contribution in [0.2, 0.25) is 0 Å². The van der Waals surface area contributed by atoms with Crippen LogP contribution in [0.5, 0.6) is 40.2 Å². The van der Waals surface area contributed by atoms with Crippen molar-refractivity contribution in [1.82, 2.24) is 0 Å². The van der Waals surface area contributed by atoms with Gasteiger partial charge in [0.2, 0.25) is 11.5 Å². The van der Waals surface area contributed by atoms with Crippen LogP contribution in [-0.4, -0.2) is 81.3 Å². The molecule has 2 aliphatic carbocycles. The molecule has 0 amide bonds. The summed E-state index contributed by atoms with van der Waals surface area (Å²) in [6, 6.07) is 8.68. The summed E-state index contributed by atoms with van der Waals surface area (Å²) in [5.41, 5.74) is 4.41. The van der Waals surface area contributed by atoms with Gasteiger partial charge < -0.3 is 49.6 Å². The number of fused-ring (bicyclic) bond motifs is 4. The largest absolute Gasteiger partial charge is 0.508 e. The van der Waals surface area contributed by atoms with E-state index in [0.29, 0.717) is 23.2 Å². The van der Waals surface area contributed by atoms with Crippen LogP contribution in [0.25, 0.3) is 11.1 Å². The SMILES string of the molecule is COc1c(O)c(OC2CCCCC2)cc(C2Oc3cc(OCCO)c4c5c3C(CSSCCC(C)CCC(c3cc(O)ccc3-4)C5CO)C2O)c1O. The van der Waals surface area contributed by atoms with E-state index >= 15 is 0 Å². The molecule has 2 bridgehead atoms. The van der Waals surface area contributed by atoms with Crippen molar-refractivity contribution in [1.29, 1.82) is 0 Å². The zero-order valence-electron chi connectivity index (χ0n) is 29.8. The van der Waals surface area contributed by atoms with Gasteiger partial charge in [-0.3, -0.25) is 0 Å². The van der Waals surface area contributed by atoms with Crippen LogP contribution < -0.4 is 18.9 Å². The normalized spacial score (nSPS) is 26.2. The second kappa shape index (κ2) is 16.1. The molecule has 10 nitrogen and oxygen atoms in total. The van der Waals surface area contributed by atoms with Gasteiger partial charge in [-0.25, -0.2) is 0 Å². The Hall–Kier alpha value is -3.16.